The molecule has 15 nitrogen and oxygen atoms in total. The first-order valence-corrected chi connectivity index (χ1v) is 18.0. The summed E-state index contributed by atoms with van der Waals surface area (Å²) >= 11 is 6.30. The van der Waals surface area contributed by atoms with Gasteiger partial charge >= 0.3 is 12.0 Å². The molecule has 3 aromatic carbocycles. The molecule has 4 rings (SSSR count). The van der Waals surface area contributed by atoms with Crippen molar-refractivity contribution >= 4 is 41.1 Å². The van der Waals surface area contributed by atoms with E-state index >= 15 is 0 Å². The lowest BCUT2D eigenvalue weighted by Gasteiger charge is -2.31. The van der Waals surface area contributed by atoms with Crippen molar-refractivity contribution in [3.63, 3.8) is 0 Å². The molecule has 0 spiro atoms. The molecule has 1 saturated heterocycles. The van der Waals surface area contributed by atoms with Crippen LogP contribution >= 0.6 is 11.6 Å². The van der Waals surface area contributed by atoms with Crippen molar-refractivity contribution in [1.29, 1.82) is 0 Å². The molecule has 55 heavy (non-hydrogen) atoms. The highest BCUT2D eigenvalue weighted by Crippen LogP contribution is 2.37. The third-order valence-corrected chi connectivity index (χ3v) is 9.22. The van der Waals surface area contributed by atoms with Crippen molar-refractivity contribution in [2.24, 2.45) is 5.92 Å². The highest BCUT2D eigenvalue weighted by molar-refractivity contribution is 6.30. The summed E-state index contributed by atoms with van der Waals surface area (Å²) in [5.74, 6) is -1.64. The Bertz CT molecular complexity index is 1900. The van der Waals surface area contributed by atoms with Crippen LogP contribution in [-0.4, -0.2) is 80.3 Å². The number of esters is 1. The van der Waals surface area contributed by atoms with Gasteiger partial charge in [-0.25, -0.2) is 9.59 Å². The van der Waals surface area contributed by atoms with Crippen LogP contribution in [0.4, 0.5) is 10.5 Å². The van der Waals surface area contributed by atoms with Gasteiger partial charge in [0.25, 0.3) is 5.69 Å². The number of methoxy groups -OCH3 is 4. The smallest absolute Gasteiger partial charge is 0.345 e. The number of nitrogens with one attached hydrogen (secondary N) is 2. The van der Waals surface area contributed by atoms with Crippen LogP contribution in [0.25, 0.3) is 0 Å². The van der Waals surface area contributed by atoms with E-state index in [0.717, 1.165) is 4.90 Å². The average molecular weight is 783 g/mol. The lowest BCUT2D eigenvalue weighted by atomic mass is 9.96. The Labute approximate surface area is 324 Å². The molecule has 296 valence electrons. The van der Waals surface area contributed by atoms with Crippen LogP contribution in [0.2, 0.25) is 5.02 Å². The summed E-state index contributed by atoms with van der Waals surface area (Å²) < 4.78 is 27.5. The molecule has 1 aliphatic rings. The van der Waals surface area contributed by atoms with Crippen LogP contribution in [0.1, 0.15) is 73.6 Å². The van der Waals surface area contributed by atoms with Crippen LogP contribution in [0.5, 0.6) is 23.0 Å². The standard InChI is InChI=1S/C39H47ClN4O11/c1-9-10-29(22-11-13-27(30(17-22)44(49)50)37(47)55-39(2,3)4)42-38(48)43-31(20-28-33(53-7)18-26(51-5)19-34(28)54-8)35(45)41-21-24(36(43)46)15-23-16-25(40)12-14-32(23)52-6/h11-14,16-19,24,29,31H,9-10,15,20-21H2,1-8H3,(H,41,45)(H,42,48)/t24-,29-,31-/m1/s1. The van der Waals surface area contributed by atoms with E-state index in [0.29, 0.717) is 51.1 Å². The number of nitro benzene ring substituents is 1. The summed E-state index contributed by atoms with van der Waals surface area (Å²) in [6.07, 6.45) is 0.660. The van der Waals surface area contributed by atoms with Crippen LogP contribution in [0.3, 0.4) is 0 Å². The maximum absolute atomic E-state index is 14.7. The van der Waals surface area contributed by atoms with Crippen molar-refractivity contribution in [2.45, 2.75) is 71.1 Å². The number of urea groups is 1. The molecule has 0 aromatic heterocycles. The zero-order chi connectivity index (χ0) is 40.6. The number of carbonyl (C=O) groups excluding carboxylic acids is 4. The Morgan fingerprint density at radius 2 is 1.62 bits per heavy atom. The second-order valence-electron chi connectivity index (χ2n) is 13.9. The first kappa shape index (κ1) is 42.2. The van der Waals surface area contributed by atoms with Crippen LogP contribution in [-0.2, 0) is 27.2 Å². The average Bonchev–Trinajstić information content (AvgIpc) is 3.25. The lowest BCUT2D eigenvalue weighted by Crippen LogP contribution is -2.55. The van der Waals surface area contributed by atoms with Gasteiger partial charge in [-0.2, -0.15) is 0 Å². The number of halogens is 1. The zero-order valence-corrected chi connectivity index (χ0v) is 32.9. The van der Waals surface area contributed by atoms with E-state index in [2.05, 4.69) is 10.6 Å². The number of imide groups is 1. The minimum absolute atomic E-state index is 0.0607. The third-order valence-electron chi connectivity index (χ3n) is 8.98. The van der Waals surface area contributed by atoms with Gasteiger partial charge in [-0.05, 0) is 69.0 Å². The molecule has 0 radical (unpaired) electrons. The number of ether oxygens (including phenoxy) is 5. The van der Waals surface area contributed by atoms with Crippen LogP contribution in [0, 0.1) is 16.0 Å². The molecule has 1 aliphatic heterocycles. The van der Waals surface area contributed by atoms with Crippen LogP contribution < -0.4 is 29.6 Å². The third kappa shape index (κ3) is 10.1. The van der Waals surface area contributed by atoms with Crippen molar-refractivity contribution in [3.8, 4) is 23.0 Å². The minimum Gasteiger partial charge on any atom is -0.496 e. The molecule has 2 N–H and O–H groups in total. The van der Waals surface area contributed by atoms with Crippen molar-refractivity contribution in [1.82, 2.24) is 15.5 Å². The Kier molecular flexibility index (Phi) is 13.9. The van der Waals surface area contributed by atoms with Gasteiger partial charge in [0.05, 0.1) is 45.3 Å². The topological polar surface area (TPSA) is 185 Å². The fourth-order valence-corrected chi connectivity index (χ4v) is 6.57. The molecule has 3 aromatic rings. The van der Waals surface area contributed by atoms with E-state index in [4.69, 9.17) is 35.3 Å². The molecule has 1 heterocycles. The number of benzene rings is 3. The van der Waals surface area contributed by atoms with Gasteiger partial charge in [0.2, 0.25) is 11.8 Å². The molecular weight excluding hydrogens is 736 g/mol. The summed E-state index contributed by atoms with van der Waals surface area (Å²) in [6, 6.07) is 8.93. The van der Waals surface area contributed by atoms with E-state index in [1.807, 2.05) is 6.92 Å². The lowest BCUT2D eigenvalue weighted by molar-refractivity contribution is -0.385. The number of nitrogens with zero attached hydrogens (tertiary/aromatic N) is 2. The van der Waals surface area contributed by atoms with Gasteiger partial charge in [0, 0.05) is 41.8 Å². The molecular formula is C39H47ClN4O11. The Morgan fingerprint density at radius 3 is 2.18 bits per heavy atom. The predicted molar refractivity (Wildman–Crippen MR) is 203 cm³/mol. The van der Waals surface area contributed by atoms with Crippen molar-refractivity contribution < 1.29 is 47.8 Å². The quantitative estimate of drug-likeness (QED) is 0.108. The van der Waals surface area contributed by atoms with E-state index in [9.17, 15) is 29.3 Å². The van der Waals surface area contributed by atoms with Gasteiger partial charge in [0.15, 0.2) is 0 Å². The van der Waals surface area contributed by atoms with E-state index in [1.165, 1.54) is 46.6 Å². The monoisotopic (exact) mass is 782 g/mol. The zero-order valence-electron chi connectivity index (χ0n) is 32.1. The summed E-state index contributed by atoms with van der Waals surface area (Å²) in [6.45, 7) is 6.68. The second-order valence-corrected chi connectivity index (χ2v) is 14.3. The van der Waals surface area contributed by atoms with Gasteiger partial charge in [-0.15, -0.1) is 0 Å². The van der Waals surface area contributed by atoms with Gasteiger partial charge < -0.3 is 34.3 Å². The molecule has 0 bridgehead atoms. The number of hydrogen-bond acceptors (Lipinski definition) is 11. The first-order valence-electron chi connectivity index (χ1n) is 17.6. The predicted octanol–water partition coefficient (Wildman–Crippen LogP) is 6.22. The number of amides is 4. The molecule has 0 unspecified atom stereocenters. The van der Waals surface area contributed by atoms with E-state index in [1.54, 1.807) is 51.1 Å². The maximum atomic E-state index is 14.7. The molecule has 16 heteroatoms. The Morgan fingerprint density at radius 1 is 0.964 bits per heavy atom. The minimum atomic E-state index is -1.40. The fourth-order valence-electron chi connectivity index (χ4n) is 6.38. The molecule has 0 saturated carbocycles. The van der Waals surface area contributed by atoms with Gasteiger partial charge in [-0.1, -0.05) is 31.0 Å². The van der Waals surface area contributed by atoms with Gasteiger partial charge in [-0.3, -0.25) is 24.6 Å². The number of hydrogen-bond donors (Lipinski definition) is 2. The van der Waals surface area contributed by atoms with E-state index < -0.39 is 58.0 Å². The second kappa shape index (κ2) is 18.2. The number of carbonyl (C=O) groups is 4. The van der Waals surface area contributed by atoms with Crippen molar-refractivity contribution in [2.75, 3.05) is 35.0 Å². The molecule has 0 aliphatic carbocycles. The summed E-state index contributed by atoms with van der Waals surface area (Å²) in [5.41, 5.74) is -0.395. The number of rotatable bonds is 14. The Hall–Kier alpha value is -5.57. The number of nitro groups is 1. The van der Waals surface area contributed by atoms with E-state index in [-0.39, 0.29) is 31.4 Å². The summed E-state index contributed by atoms with van der Waals surface area (Å²) in [7, 11) is 5.81. The largest absolute Gasteiger partial charge is 0.496 e. The van der Waals surface area contributed by atoms with Gasteiger partial charge in [0.1, 0.15) is 40.2 Å². The van der Waals surface area contributed by atoms with Crippen molar-refractivity contribution in [3.05, 3.63) is 85.9 Å². The highest BCUT2D eigenvalue weighted by atomic mass is 35.5. The highest BCUT2D eigenvalue weighted by Gasteiger charge is 2.43. The SMILES string of the molecule is CCC[C@@H](NC(=O)N1C(=O)[C@H](Cc2cc(Cl)ccc2OC)CNC(=O)[C@H]1Cc1c(OC)cc(OC)cc1OC)c1ccc(C(=O)OC(C)(C)C)c([N+](=O)[O-])c1. The maximum Gasteiger partial charge on any atom is 0.345 e. The van der Waals surface area contributed by atoms with Crippen LogP contribution in [0.15, 0.2) is 48.5 Å². The summed E-state index contributed by atoms with van der Waals surface area (Å²) in [5, 5.41) is 18.3. The normalized spacial score (nSPS) is 16.3. The molecule has 4 amide bonds. The first-order chi connectivity index (χ1) is 26.0. The summed E-state index contributed by atoms with van der Waals surface area (Å²) in [4.78, 5) is 68.5. The molecule has 3 atom stereocenters. The fraction of sp³-hybridized carbons (Fsp3) is 0.436. The molecule has 1 fully saturated rings. The Balaban J connectivity index is 1.81.